The zero-order valence-corrected chi connectivity index (χ0v) is 18.5. The maximum Gasteiger partial charge on any atom is 0.335 e. The second kappa shape index (κ2) is 10.4. The summed E-state index contributed by atoms with van der Waals surface area (Å²) in [5, 5.41) is 9.04. The number of carboxylic acid groups (broad SMARTS) is 1. The summed E-state index contributed by atoms with van der Waals surface area (Å²) >= 11 is 0. The van der Waals surface area contributed by atoms with Gasteiger partial charge in [-0.1, -0.05) is 42.5 Å². The van der Waals surface area contributed by atoms with E-state index in [4.69, 9.17) is 9.84 Å². The molecule has 1 fully saturated rings. The van der Waals surface area contributed by atoms with Crippen LogP contribution < -0.4 is 4.74 Å². The first-order valence-electron chi connectivity index (χ1n) is 11.1. The summed E-state index contributed by atoms with van der Waals surface area (Å²) in [5.41, 5.74) is 2.79. The first kappa shape index (κ1) is 22.1. The fourth-order valence-electron chi connectivity index (χ4n) is 4.32. The Balaban J connectivity index is 1.22. The minimum absolute atomic E-state index is 0.342. The zero-order valence-electron chi connectivity index (χ0n) is 18.5. The molecule has 0 radical (unpaired) electrons. The van der Waals surface area contributed by atoms with Crippen LogP contribution in [0.1, 0.15) is 27.9 Å². The fourth-order valence-corrected chi connectivity index (χ4v) is 4.32. The minimum Gasteiger partial charge on any atom is -0.478 e. The molecule has 3 aromatic rings. The monoisotopic (exact) mass is 430 g/mol. The standard InChI is InChI=1S/C27H30N2O3/c1-28(17-21-9-13-26(14-10-21)32-25-5-3-2-4-6-25)18-23-15-16-29(20-23)19-22-7-11-24(12-8-22)27(30)31/h2-14,23H,15-20H2,1H3,(H,30,31)/t23-/m0/s1. The van der Waals surface area contributed by atoms with Crippen LogP contribution in [0.15, 0.2) is 78.9 Å². The molecule has 1 aliphatic rings. The molecule has 166 valence electrons. The highest BCUT2D eigenvalue weighted by Gasteiger charge is 2.23. The van der Waals surface area contributed by atoms with E-state index < -0.39 is 5.97 Å². The van der Waals surface area contributed by atoms with Crippen LogP contribution in [-0.4, -0.2) is 47.6 Å². The maximum atomic E-state index is 11.0. The highest BCUT2D eigenvalue weighted by atomic mass is 16.5. The SMILES string of the molecule is CN(Cc1ccc(Oc2ccccc2)cc1)C[C@@H]1CCN(Cc2ccc(C(=O)O)cc2)C1. The van der Waals surface area contributed by atoms with Crippen LogP contribution in [0.3, 0.4) is 0 Å². The number of benzene rings is 3. The summed E-state index contributed by atoms with van der Waals surface area (Å²) in [4.78, 5) is 15.9. The number of aromatic carboxylic acids is 1. The number of hydrogen-bond acceptors (Lipinski definition) is 4. The normalized spacial score (nSPS) is 16.4. The number of hydrogen-bond donors (Lipinski definition) is 1. The number of ether oxygens (including phenoxy) is 1. The topological polar surface area (TPSA) is 53.0 Å². The van der Waals surface area contributed by atoms with Crippen LogP contribution in [0.2, 0.25) is 0 Å². The van der Waals surface area contributed by atoms with Gasteiger partial charge in [0.1, 0.15) is 11.5 Å². The smallest absolute Gasteiger partial charge is 0.335 e. The molecule has 5 nitrogen and oxygen atoms in total. The van der Waals surface area contributed by atoms with E-state index in [0.29, 0.717) is 11.5 Å². The third-order valence-corrected chi connectivity index (χ3v) is 5.90. The van der Waals surface area contributed by atoms with Gasteiger partial charge in [-0.05, 0) is 73.5 Å². The lowest BCUT2D eigenvalue weighted by Crippen LogP contribution is -2.28. The number of para-hydroxylation sites is 1. The van der Waals surface area contributed by atoms with E-state index in [1.807, 2.05) is 54.6 Å². The molecule has 0 unspecified atom stereocenters. The molecule has 1 N–H and O–H groups in total. The Bertz CT molecular complexity index is 1000. The van der Waals surface area contributed by atoms with Gasteiger partial charge in [0.2, 0.25) is 0 Å². The highest BCUT2D eigenvalue weighted by Crippen LogP contribution is 2.23. The number of carboxylic acids is 1. The van der Waals surface area contributed by atoms with Crippen LogP contribution in [-0.2, 0) is 13.1 Å². The van der Waals surface area contributed by atoms with E-state index in [1.54, 1.807) is 12.1 Å². The summed E-state index contributed by atoms with van der Waals surface area (Å²) in [6.45, 7) is 5.03. The molecule has 0 spiro atoms. The van der Waals surface area contributed by atoms with Crippen LogP contribution >= 0.6 is 0 Å². The van der Waals surface area contributed by atoms with Crippen LogP contribution in [0.5, 0.6) is 11.5 Å². The molecule has 32 heavy (non-hydrogen) atoms. The second-order valence-electron chi connectivity index (χ2n) is 8.65. The third kappa shape index (κ3) is 6.19. The molecule has 0 aromatic heterocycles. The Labute approximate surface area is 189 Å². The van der Waals surface area contributed by atoms with E-state index >= 15 is 0 Å². The predicted molar refractivity (Wildman–Crippen MR) is 126 cm³/mol. The van der Waals surface area contributed by atoms with Gasteiger partial charge >= 0.3 is 5.97 Å². The van der Waals surface area contributed by atoms with Gasteiger partial charge in [0.25, 0.3) is 0 Å². The number of rotatable bonds is 9. The van der Waals surface area contributed by atoms with E-state index in [1.165, 1.54) is 17.5 Å². The van der Waals surface area contributed by atoms with Crippen molar-refractivity contribution in [2.45, 2.75) is 19.5 Å². The summed E-state index contributed by atoms with van der Waals surface area (Å²) in [5.74, 6) is 1.48. The molecule has 1 heterocycles. The van der Waals surface area contributed by atoms with Gasteiger partial charge in [0, 0.05) is 26.2 Å². The molecule has 1 atom stereocenters. The molecule has 0 bridgehead atoms. The van der Waals surface area contributed by atoms with Gasteiger partial charge in [-0.3, -0.25) is 4.90 Å². The molecule has 0 saturated carbocycles. The first-order chi connectivity index (χ1) is 15.5. The van der Waals surface area contributed by atoms with Gasteiger partial charge in [0.05, 0.1) is 5.56 Å². The number of likely N-dealkylation sites (tertiary alicyclic amines) is 1. The molecule has 5 heteroatoms. The van der Waals surface area contributed by atoms with Crippen molar-refractivity contribution in [1.82, 2.24) is 9.80 Å². The number of nitrogens with zero attached hydrogens (tertiary/aromatic N) is 2. The maximum absolute atomic E-state index is 11.0. The van der Waals surface area contributed by atoms with Crippen molar-refractivity contribution in [1.29, 1.82) is 0 Å². The van der Waals surface area contributed by atoms with E-state index in [0.717, 1.165) is 44.2 Å². The largest absolute Gasteiger partial charge is 0.478 e. The van der Waals surface area contributed by atoms with Gasteiger partial charge < -0.3 is 14.7 Å². The third-order valence-electron chi connectivity index (χ3n) is 5.90. The molecule has 1 aliphatic heterocycles. The van der Waals surface area contributed by atoms with E-state index in [-0.39, 0.29) is 0 Å². The summed E-state index contributed by atoms with van der Waals surface area (Å²) < 4.78 is 5.88. The zero-order chi connectivity index (χ0) is 22.3. The Kier molecular flexibility index (Phi) is 7.20. The lowest BCUT2D eigenvalue weighted by molar-refractivity contribution is 0.0697. The van der Waals surface area contributed by atoms with Crippen molar-refractivity contribution in [3.05, 3.63) is 95.6 Å². The van der Waals surface area contributed by atoms with Crippen molar-refractivity contribution in [2.75, 3.05) is 26.7 Å². The lowest BCUT2D eigenvalue weighted by atomic mass is 10.1. The van der Waals surface area contributed by atoms with Crippen molar-refractivity contribution in [3.63, 3.8) is 0 Å². The van der Waals surface area contributed by atoms with E-state index in [2.05, 4.69) is 29.0 Å². The molecule has 3 aromatic carbocycles. The summed E-state index contributed by atoms with van der Waals surface area (Å²) in [6, 6.07) is 25.4. The number of carbonyl (C=O) groups is 1. The molecule has 1 saturated heterocycles. The average Bonchev–Trinajstić information content (AvgIpc) is 3.22. The van der Waals surface area contributed by atoms with Crippen molar-refractivity contribution >= 4 is 5.97 Å². The van der Waals surface area contributed by atoms with Crippen LogP contribution in [0.25, 0.3) is 0 Å². The molecule has 0 aliphatic carbocycles. The van der Waals surface area contributed by atoms with Crippen LogP contribution in [0.4, 0.5) is 0 Å². The Morgan fingerprint density at radius 1 is 0.969 bits per heavy atom. The average molecular weight is 431 g/mol. The van der Waals surface area contributed by atoms with E-state index in [9.17, 15) is 4.79 Å². The van der Waals surface area contributed by atoms with Gasteiger partial charge in [-0.2, -0.15) is 0 Å². The quantitative estimate of drug-likeness (QED) is 0.510. The Morgan fingerprint density at radius 3 is 2.31 bits per heavy atom. The highest BCUT2D eigenvalue weighted by molar-refractivity contribution is 5.87. The van der Waals surface area contributed by atoms with Gasteiger partial charge in [0.15, 0.2) is 0 Å². The second-order valence-corrected chi connectivity index (χ2v) is 8.65. The Morgan fingerprint density at radius 2 is 1.62 bits per heavy atom. The van der Waals surface area contributed by atoms with Crippen molar-refractivity contribution in [2.24, 2.45) is 5.92 Å². The van der Waals surface area contributed by atoms with Crippen molar-refractivity contribution < 1.29 is 14.6 Å². The molecular formula is C27H30N2O3. The molecular weight excluding hydrogens is 400 g/mol. The molecule has 0 amide bonds. The predicted octanol–water partition coefficient (Wildman–Crippen LogP) is 5.13. The van der Waals surface area contributed by atoms with Gasteiger partial charge in [-0.15, -0.1) is 0 Å². The van der Waals surface area contributed by atoms with Crippen LogP contribution in [0, 0.1) is 5.92 Å². The summed E-state index contributed by atoms with van der Waals surface area (Å²) in [7, 11) is 2.18. The summed E-state index contributed by atoms with van der Waals surface area (Å²) in [6.07, 6.45) is 1.20. The Hall–Kier alpha value is -3.15. The minimum atomic E-state index is -0.876. The fraction of sp³-hybridized carbons (Fsp3) is 0.296. The first-order valence-corrected chi connectivity index (χ1v) is 11.1. The lowest BCUT2D eigenvalue weighted by Gasteiger charge is -2.22. The van der Waals surface area contributed by atoms with Crippen molar-refractivity contribution in [3.8, 4) is 11.5 Å². The van der Waals surface area contributed by atoms with Gasteiger partial charge in [-0.25, -0.2) is 4.79 Å². The molecule has 4 rings (SSSR count).